The molecular formula is C31H38ClNO3. The summed E-state index contributed by atoms with van der Waals surface area (Å²) in [6.07, 6.45) is 11.8. The monoisotopic (exact) mass is 507 g/mol. The van der Waals surface area contributed by atoms with Gasteiger partial charge in [-0.3, -0.25) is 9.69 Å². The summed E-state index contributed by atoms with van der Waals surface area (Å²) in [6.45, 7) is 6.20. The van der Waals surface area contributed by atoms with Crippen LogP contribution in [0, 0.1) is 0 Å². The van der Waals surface area contributed by atoms with Crippen molar-refractivity contribution in [2.45, 2.75) is 63.7 Å². The van der Waals surface area contributed by atoms with Gasteiger partial charge in [-0.15, -0.1) is 11.6 Å². The average Bonchev–Trinajstić information content (AvgIpc) is 2.89. The van der Waals surface area contributed by atoms with Crippen molar-refractivity contribution < 1.29 is 9.15 Å². The van der Waals surface area contributed by atoms with Crippen LogP contribution in [0.3, 0.4) is 0 Å². The highest BCUT2D eigenvalue weighted by atomic mass is 35.5. The minimum atomic E-state index is -0.0508. The molecule has 0 spiro atoms. The normalized spacial score (nSPS) is 15.1. The first kappa shape index (κ1) is 26.5. The van der Waals surface area contributed by atoms with Crippen molar-refractivity contribution in [3.63, 3.8) is 0 Å². The van der Waals surface area contributed by atoms with Gasteiger partial charge in [0.1, 0.15) is 17.1 Å². The molecule has 0 fully saturated rings. The van der Waals surface area contributed by atoms with E-state index in [1.165, 1.54) is 45.2 Å². The highest BCUT2D eigenvalue weighted by Gasteiger charge is 2.12. The molecule has 1 aliphatic heterocycles. The smallest absolute Gasteiger partial charge is 0.193 e. The number of hydrogen-bond donors (Lipinski definition) is 0. The number of fused-ring (bicyclic) bond motifs is 1. The van der Waals surface area contributed by atoms with Crippen LogP contribution in [0.25, 0.3) is 22.3 Å². The molecule has 1 aromatic heterocycles. The molecule has 0 saturated carbocycles. The topological polar surface area (TPSA) is 42.7 Å². The van der Waals surface area contributed by atoms with Gasteiger partial charge in [0.15, 0.2) is 5.43 Å². The molecule has 0 saturated heterocycles. The number of halogens is 1. The van der Waals surface area contributed by atoms with Crippen molar-refractivity contribution in [2.24, 2.45) is 0 Å². The summed E-state index contributed by atoms with van der Waals surface area (Å²) >= 11 is 6.05. The summed E-state index contributed by atoms with van der Waals surface area (Å²) in [5.74, 6) is 1.30. The van der Waals surface area contributed by atoms with Crippen molar-refractivity contribution >= 4 is 22.6 Å². The van der Waals surface area contributed by atoms with Gasteiger partial charge in [0.2, 0.25) is 0 Å². The Labute approximate surface area is 219 Å². The van der Waals surface area contributed by atoms with Gasteiger partial charge in [-0.05, 0) is 70.2 Å². The number of nitrogens with zero attached hydrogens (tertiary/aromatic N) is 1. The quantitative estimate of drug-likeness (QED) is 0.134. The molecule has 2 heterocycles. The molecule has 3 aromatic rings. The van der Waals surface area contributed by atoms with E-state index in [0.29, 0.717) is 28.7 Å². The summed E-state index contributed by atoms with van der Waals surface area (Å²) in [4.78, 5) is 15.2. The molecule has 1 aliphatic rings. The van der Waals surface area contributed by atoms with E-state index in [2.05, 4.69) is 17.9 Å². The third-order valence-electron chi connectivity index (χ3n) is 6.88. The van der Waals surface area contributed by atoms with Crippen LogP contribution in [0.1, 0.15) is 58.3 Å². The van der Waals surface area contributed by atoms with E-state index in [0.717, 1.165) is 37.1 Å². The molecule has 4 rings (SSSR count). The summed E-state index contributed by atoms with van der Waals surface area (Å²) < 4.78 is 11.9. The standard InChI is InChI=1S/C31H38ClNO3/c1-24(32)10-9-11-25-16-19-33(20-17-25)18-7-2-3-8-21-35-27-14-15-30-28(22-27)29(34)23-31(36-30)26-12-5-4-6-13-26/h4-6,12-16,22-24H,2-3,7-11,17-21H2,1H3. The molecule has 192 valence electrons. The molecule has 0 aliphatic carbocycles. The van der Waals surface area contributed by atoms with Crippen molar-refractivity contribution in [3.8, 4) is 17.1 Å². The number of unbranched alkanes of at least 4 members (excludes halogenated alkanes) is 3. The van der Waals surface area contributed by atoms with Gasteiger partial charge in [0.05, 0.1) is 12.0 Å². The maximum Gasteiger partial charge on any atom is 0.193 e. The number of benzene rings is 2. The Morgan fingerprint density at radius 2 is 1.86 bits per heavy atom. The lowest BCUT2D eigenvalue weighted by Crippen LogP contribution is -2.29. The Bertz CT molecular complexity index is 1190. The fourth-order valence-corrected chi connectivity index (χ4v) is 4.90. The van der Waals surface area contributed by atoms with E-state index in [4.69, 9.17) is 20.8 Å². The van der Waals surface area contributed by atoms with Crippen LogP contribution in [0.4, 0.5) is 0 Å². The van der Waals surface area contributed by atoms with E-state index in [-0.39, 0.29) is 5.43 Å². The van der Waals surface area contributed by atoms with Gasteiger partial charge in [0, 0.05) is 30.1 Å². The first-order valence-corrected chi connectivity index (χ1v) is 13.8. The third kappa shape index (κ3) is 7.97. The van der Waals surface area contributed by atoms with Crippen molar-refractivity contribution in [3.05, 3.63) is 76.5 Å². The van der Waals surface area contributed by atoms with Gasteiger partial charge in [-0.2, -0.15) is 0 Å². The highest BCUT2D eigenvalue weighted by Crippen LogP contribution is 2.25. The molecular weight excluding hydrogens is 470 g/mol. The number of alkyl halides is 1. The molecule has 0 bridgehead atoms. The maximum absolute atomic E-state index is 12.7. The summed E-state index contributed by atoms with van der Waals surface area (Å²) in [5, 5.41) is 0.846. The van der Waals surface area contributed by atoms with Gasteiger partial charge in [0.25, 0.3) is 0 Å². The molecule has 0 N–H and O–H groups in total. The largest absolute Gasteiger partial charge is 0.494 e. The van der Waals surface area contributed by atoms with Crippen LogP contribution in [-0.4, -0.2) is 36.5 Å². The lowest BCUT2D eigenvalue weighted by Gasteiger charge is -2.26. The lowest BCUT2D eigenvalue weighted by molar-refractivity contribution is 0.277. The Hall–Kier alpha value is -2.56. The third-order valence-corrected chi connectivity index (χ3v) is 7.10. The van der Waals surface area contributed by atoms with E-state index in [9.17, 15) is 4.79 Å². The molecule has 0 amide bonds. The minimum Gasteiger partial charge on any atom is -0.494 e. The Kier molecular flexibility index (Phi) is 10.1. The highest BCUT2D eigenvalue weighted by molar-refractivity contribution is 6.20. The fourth-order valence-electron chi connectivity index (χ4n) is 4.74. The van der Waals surface area contributed by atoms with E-state index >= 15 is 0 Å². The van der Waals surface area contributed by atoms with Crippen LogP contribution < -0.4 is 10.2 Å². The zero-order valence-corrected chi connectivity index (χ0v) is 22.1. The van der Waals surface area contributed by atoms with E-state index < -0.39 is 0 Å². The zero-order chi connectivity index (χ0) is 25.2. The van der Waals surface area contributed by atoms with Crippen molar-refractivity contribution in [1.82, 2.24) is 4.90 Å². The Morgan fingerprint density at radius 1 is 1.03 bits per heavy atom. The second kappa shape index (κ2) is 13.7. The molecule has 5 heteroatoms. The van der Waals surface area contributed by atoms with E-state index in [1.54, 1.807) is 17.7 Å². The number of rotatable bonds is 13. The van der Waals surface area contributed by atoms with Crippen molar-refractivity contribution in [1.29, 1.82) is 0 Å². The first-order valence-electron chi connectivity index (χ1n) is 13.4. The molecule has 1 atom stereocenters. The molecule has 36 heavy (non-hydrogen) atoms. The second-order valence-corrected chi connectivity index (χ2v) is 10.6. The molecule has 0 radical (unpaired) electrons. The predicted octanol–water partition coefficient (Wildman–Crippen LogP) is 7.83. The predicted molar refractivity (Wildman–Crippen MR) is 150 cm³/mol. The minimum absolute atomic E-state index is 0.0508. The SMILES string of the molecule is CC(Cl)CCCC1=CCN(CCCCCCOc2ccc3oc(-c4ccccc4)cc(=O)c3c2)CC1. The van der Waals surface area contributed by atoms with Crippen LogP contribution in [0.2, 0.25) is 0 Å². The van der Waals surface area contributed by atoms with Gasteiger partial charge >= 0.3 is 0 Å². The molecule has 1 unspecified atom stereocenters. The fraction of sp³-hybridized carbons (Fsp3) is 0.452. The second-order valence-electron chi connectivity index (χ2n) is 9.85. The zero-order valence-electron chi connectivity index (χ0n) is 21.4. The van der Waals surface area contributed by atoms with Crippen molar-refractivity contribution in [2.75, 3.05) is 26.2 Å². The molecule has 4 nitrogen and oxygen atoms in total. The molecule has 2 aromatic carbocycles. The van der Waals surface area contributed by atoms with Gasteiger partial charge in [-0.1, -0.05) is 54.8 Å². The summed E-state index contributed by atoms with van der Waals surface area (Å²) in [5.41, 5.74) is 3.04. The Balaban J connectivity index is 1.14. The van der Waals surface area contributed by atoms with E-state index in [1.807, 2.05) is 42.5 Å². The lowest BCUT2D eigenvalue weighted by atomic mass is 10.0. The summed E-state index contributed by atoms with van der Waals surface area (Å²) in [6, 6.07) is 16.8. The van der Waals surface area contributed by atoms with Crippen LogP contribution in [0.15, 0.2) is 75.5 Å². The number of hydrogen-bond acceptors (Lipinski definition) is 4. The average molecular weight is 508 g/mol. The Morgan fingerprint density at radius 3 is 2.64 bits per heavy atom. The van der Waals surface area contributed by atoms with Gasteiger partial charge in [-0.25, -0.2) is 0 Å². The maximum atomic E-state index is 12.7. The van der Waals surface area contributed by atoms with Crippen LogP contribution in [0.5, 0.6) is 5.75 Å². The summed E-state index contributed by atoms with van der Waals surface area (Å²) in [7, 11) is 0. The first-order chi connectivity index (χ1) is 17.6. The van der Waals surface area contributed by atoms with Crippen LogP contribution in [-0.2, 0) is 0 Å². The van der Waals surface area contributed by atoms with Gasteiger partial charge < -0.3 is 9.15 Å². The number of ether oxygens (including phenoxy) is 1. The van der Waals surface area contributed by atoms with Crippen LogP contribution >= 0.6 is 11.6 Å².